The van der Waals surface area contributed by atoms with Gasteiger partial charge < -0.3 is 14.8 Å². The molecule has 0 aromatic heterocycles. The third-order valence-electron chi connectivity index (χ3n) is 3.43. The Labute approximate surface area is 147 Å². The van der Waals surface area contributed by atoms with E-state index < -0.39 is 0 Å². The van der Waals surface area contributed by atoms with Gasteiger partial charge in [-0.05, 0) is 38.1 Å². The summed E-state index contributed by atoms with van der Waals surface area (Å²) in [6, 6.07) is 15.6. The van der Waals surface area contributed by atoms with Crippen LogP contribution >= 0.6 is 11.8 Å². The highest BCUT2D eigenvalue weighted by atomic mass is 32.2. The van der Waals surface area contributed by atoms with Gasteiger partial charge in [-0.3, -0.25) is 4.79 Å². The van der Waals surface area contributed by atoms with Gasteiger partial charge in [-0.2, -0.15) is 0 Å². The molecule has 0 fully saturated rings. The minimum absolute atomic E-state index is 0.00389. The second kappa shape index (κ2) is 9.23. The van der Waals surface area contributed by atoms with Crippen LogP contribution in [0.2, 0.25) is 0 Å². The third kappa shape index (κ3) is 5.49. The monoisotopic (exact) mass is 345 g/mol. The quantitative estimate of drug-likeness (QED) is 0.586. The Hall–Kier alpha value is -2.14. The number of amides is 1. The first-order valence-corrected chi connectivity index (χ1v) is 8.75. The van der Waals surface area contributed by atoms with Crippen LogP contribution in [0.5, 0.6) is 11.5 Å². The van der Waals surface area contributed by atoms with E-state index in [9.17, 15) is 4.79 Å². The molecule has 0 saturated carbocycles. The summed E-state index contributed by atoms with van der Waals surface area (Å²) >= 11 is 1.55. The van der Waals surface area contributed by atoms with E-state index in [1.54, 1.807) is 18.9 Å². The number of rotatable bonds is 8. The number of ether oxygens (including phenoxy) is 2. The molecule has 0 radical (unpaired) electrons. The van der Waals surface area contributed by atoms with Gasteiger partial charge in [0.15, 0.2) is 11.5 Å². The molecule has 0 aliphatic heterocycles. The van der Waals surface area contributed by atoms with Gasteiger partial charge in [0, 0.05) is 4.90 Å². The molecule has 24 heavy (non-hydrogen) atoms. The summed E-state index contributed by atoms with van der Waals surface area (Å²) in [5.74, 6) is 1.37. The van der Waals surface area contributed by atoms with Crippen LogP contribution in [-0.4, -0.2) is 31.4 Å². The lowest BCUT2D eigenvalue weighted by atomic mass is 10.2. The van der Waals surface area contributed by atoms with Gasteiger partial charge in [-0.15, -0.1) is 11.8 Å². The second-order valence-electron chi connectivity index (χ2n) is 5.36. The lowest BCUT2D eigenvalue weighted by Crippen LogP contribution is -2.33. The molecule has 0 spiro atoms. The molecule has 4 nitrogen and oxygen atoms in total. The minimum Gasteiger partial charge on any atom is -0.493 e. The van der Waals surface area contributed by atoms with Crippen LogP contribution in [0.15, 0.2) is 53.4 Å². The SMILES string of the molecule is COc1ccccc1OCCNC(=O)C(C)Sc1ccc(C)cc1. The van der Waals surface area contributed by atoms with Crippen molar-refractivity contribution in [2.75, 3.05) is 20.3 Å². The Morgan fingerprint density at radius 1 is 1.12 bits per heavy atom. The highest BCUT2D eigenvalue weighted by molar-refractivity contribution is 8.00. The minimum atomic E-state index is -0.154. The Morgan fingerprint density at radius 2 is 1.79 bits per heavy atom. The highest BCUT2D eigenvalue weighted by Crippen LogP contribution is 2.25. The molecule has 1 N–H and O–H groups in total. The molecular weight excluding hydrogens is 322 g/mol. The lowest BCUT2D eigenvalue weighted by molar-refractivity contribution is -0.120. The van der Waals surface area contributed by atoms with Crippen LogP contribution in [0.4, 0.5) is 0 Å². The van der Waals surface area contributed by atoms with E-state index in [0.717, 1.165) is 4.90 Å². The summed E-state index contributed by atoms with van der Waals surface area (Å²) in [5.41, 5.74) is 1.21. The molecule has 1 amide bonds. The predicted octanol–water partition coefficient (Wildman–Crippen LogP) is 3.68. The average molecular weight is 345 g/mol. The molecular formula is C19H23NO3S. The topological polar surface area (TPSA) is 47.6 Å². The van der Waals surface area contributed by atoms with Gasteiger partial charge in [0.1, 0.15) is 6.61 Å². The zero-order valence-electron chi connectivity index (χ0n) is 14.2. The van der Waals surface area contributed by atoms with E-state index in [2.05, 4.69) is 5.32 Å². The first-order chi connectivity index (χ1) is 11.6. The van der Waals surface area contributed by atoms with E-state index in [-0.39, 0.29) is 11.2 Å². The van der Waals surface area contributed by atoms with Crippen molar-refractivity contribution in [3.05, 3.63) is 54.1 Å². The van der Waals surface area contributed by atoms with E-state index in [1.165, 1.54) is 5.56 Å². The number of carbonyl (C=O) groups is 1. The molecule has 5 heteroatoms. The molecule has 2 rings (SSSR count). The van der Waals surface area contributed by atoms with Gasteiger partial charge in [0.05, 0.1) is 18.9 Å². The Bertz CT molecular complexity index is 658. The molecule has 0 saturated heterocycles. The van der Waals surface area contributed by atoms with Gasteiger partial charge >= 0.3 is 0 Å². The average Bonchev–Trinajstić information content (AvgIpc) is 2.60. The van der Waals surface area contributed by atoms with Gasteiger partial charge in [0.2, 0.25) is 5.91 Å². The fourth-order valence-corrected chi connectivity index (χ4v) is 2.98. The zero-order chi connectivity index (χ0) is 17.4. The van der Waals surface area contributed by atoms with Gasteiger partial charge in [0.25, 0.3) is 0 Å². The van der Waals surface area contributed by atoms with Crippen molar-refractivity contribution in [2.45, 2.75) is 24.0 Å². The van der Waals surface area contributed by atoms with E-state index in [4.69, 9.17) is 9.47 Å². The molecule has 2 aromatic rings. The number of methoxy groups -OCH3 is 1. The number of benzene rings is 2. The zero-order valence-corrected chi connectivity index (χ0v) is 15.1. The molecule has 1 atom stereocenters. The van der Waals surface area contributed by atoms with Crippen molar-refractivity contribution < 1.29 is 14.3 Å². The van der Waals surface area contributed by atoms with Crippen LogP contribution in [-0.2, 0) is 4.79 Å². The summed E-state index contributed by atoms with van der Waals surface area (Å²) in [6.07, 6.45) is 0. The Kier molecular flexibility index (Phi) is 7.00. The summed E-state index contributed by atoms with van der Waals surface area (Å²) in [4.78, 5) is 13.2. The number of nitrogens with one attached hydrogen (secondary N) is 1. The maximum absolute atomic E-state index is 12.1. The normalized spacial score (nSPS) is 11.6. The Balaban J connectivity index is 1.73. The first-order valence-electron chi connectivity index (χ1n) is 7.87. The molecule has 2 aromatic carbocycles. The number of aryl methyl sites for hydroxylation is 1. The third-order valence-corrected chi connectivity index (χ3v) is 4.54. The Morgan fingerprint density at radius 3 is 2.46 bits per heavy atom. The summed E-state index contributed by atoms with van der Waals surface area (Å²) in [6.45, 7) is 4.80. The number of hydrogen-bond donors (Lipinski definition) is 1. The summed E-state index contributed by atoms with van der Waals surface area (Å²) in [7, 11) is 1.61. The molecule has 0 aliphatic rings. The molecule has 128 valence electrons. The highest BCUT2D eigenvalue weighted by Gasteiger charge is 2.13. The predicted molar refractivity (Wildman–Crippen MR) is 98.0 cm³/mol. The molecule has 0 bridgehead atoms. The maximum atomic E-state index is 12.1. The van der Waals surface area contributed by atoms with Crippen molar-refractivity contribution in [2.24, 2.45) is 0 Å². The second-order valence-corrected chi connectivity index (χ2v) is 6.78. The smallest absolute Gasteiger partial charge is 0.233 e. The largest absolute Gasteiger partial charge is 0.493 e. The number of thioether (sulfide) groups is 1. The fraction of sp³-hybridized carbons (Fsp3) is 0.316. The number of hydrogen-bond acceptors (Lipinski definition) is 4. The van der Waals surface area contributed by atoms with Crippen LogP contribution in [0.3, 0.4) is 0 Å². The van der Waals surface area contributed by atoms with Crippen molar-refractivity contribution in [1.29, 1.82) is 0 Å². The van der Waals surface area contributed by atoms with Crippen LogP contribution in [0.25, 0.3) is 0 Å². The van der Waals surface area contributed by atoms with Crippen molar-refractivity contribution >= 4 is 17.7 Å². The van der Waals surface area contributed by atoms with Crippen LogP contribution in [0.1, 0.15) is 12.5 Å². The van der Waals surface area contributed by atoms with Crippen molar-refractivity contribution in [3.63, 3.8) is 0 Å². The molecule has 0 aliphatic carbocycles. The lowest BCUT2D eigenvalue weighted by Gasteiger charge is -2.13. The number of carbonyl (C=O) groups excluding carboxylic acids is 1. The van der Waals surface area contributed by atoms with E-state index in [0.29, 0.717) is 24.7 Å². The van der Waals surface area contributed by atoms with E-state index >= 15 is 0 Å². The first kappa shape index (κ1) is 18.2. The van der Waals surface area contributed by atoms with Gasteiger partial charge in [-0.1, -0.05) is 29.8 Å². The van der Waals surface area contributed by atoms with Crippen LogP contribution in [0, 0.1) is 6.92 Å². The molecule has 1 unspecified atom stereocenters. The summed E-state index contributed by atoms with van der Waals surface area (Å²) < 4.78 is 10.9. The van der Waals surface area contributed by atoms with Crippen LogP contribution < -0.4 is 14.8 Å². The standard InChI is InChI=1S/C19H23NO3S/c1-14-8-10-16(11-9-14)24-15(2)19(21)20-12-13-23-18-7-5-4-6-17(18)22-3/h4-11,15H,12-13H2,1-3H3,(H,20,21). The van der Waals surface area contributed by atoms with Crippen molar-refractivity contribution in [3.8, 4) is 11.5 Å². The van der Waals surface area contributed by atoms with E-state index in [1.807, 2.05) is 62.4 Å². The number of para-hydroxylation sites is 2. The van der Waals surface area contributed by atoms with Crippen molar-refractivity contribution in [1.82, 2.24) is 5.32 Å². The summed E-state index contributed by atoms with van der Waals surface area (Å²) in [5, 5.41) is 2.74. The fourth-order valence-electron chi connectivity index (χ4n) is 2.09. The maximum Gasteiger partial charge on any atom is 0.233 e. The van der Waals surface area contributed by atoms with Gasteiger partial charge in [-0.25, -0.2) is 0 Å². The molecule has 0 heterocycles.